The van der Waals surface area contributed by atoms with E-state index < -0.39 is 0 Å². The van der Waals surface area contributed by atoms with Crippen molar-refractivity contribution in [3.63, 3.8) is 0 Å². The molecule has 0 radical (unpaired) electrons. The topological polar surface area (TPSA) is 81.2 Å². The first-order chi connectivity index (χ1) is 12.8. The molecule has 26 heavy (non-hydrogen) atoms. The van der Waals surface area contributed by atoms with Crippen molar-refractivity contribution in [3.8, 4) is 22.0 Å². The van der Waals surface area contributed by atoms with E-state index >= 15 is 0 Å². The third-order valence-electron chi connectivity index (χ3n) is 3.76. The molecule has 3 aromatic heterocycles. The first kappa shape index (κ1) is 16.3. The third-order valence-corrected chi connectivity index (χ3v) is 4.67. The summed E-state index contributed by atoms with van der Waals surface area (Å²) >= 11 is 1.64. The number of para-hydroxylation sites is 1. The zero-order valence-corrected chi connectivity index (χ0v) is 14.5. The predicted octanol–water partition coefficient (Wildman–Crippen LogP) is 4.63. The lowest BCUT2D eigenvalue weighted by molar-refractivity contribution is -0.116. The van der Waals surface area contributed by atoms with E-state index in [0.29, 0.717) is 23.9 Å². The molecule has 0 fully saturated rings. The van der Waals surface area contributed by atoms with Crippen molar-refractivity contribution in [1.82, 2.24) is 10.1 Å². The van der Waals surface area contributed by atoms with E-state index in [1.54, 1.807) is 29.7 Å². The summed E-state index contributed by atoms with van der Waals surface area (Å²) in [6.07, 6.45) is 2.16. The van der Waals surface area contributed by atoms with Gasteiger partial charge in [-0.05, 0) is 29.6 Å². The molecule has 130 valence electrons. The number of furan rings is 1. The fraction of sp³-hybridized carbons (Fsp3) is 0.105. The summed E-state index contributed by atoms with van der Waals surface area (Å²) in [5.41, 5.74) is 1.80. The van der Waals surface area contributed by atoms with Crippen molar-refractivity contribution in [3.05, 3.63) is 66.1 Å². The van der Waals surface area contributed by atoms with Crippen LogP contribution in [0.3, 0.4) is 0 Å². The number of rotatable bonds is 6. The highest BCUT2D eigenvalue weighted by atomic mass is 32.1. The van der Waals surface area contributed by atoms with Gasteiger partial charge >= 0.3 is 0 Å². The summed E-state index contributed by atoms with van der Waals surface area (Å²) in [7, 11) is 0. The molecule has 4 aromatic rings. The SMILES string of the molecule is O=C(CCc1nc(-c2ccco2)no1)Nc1ccccc1-c1cccs1. The fourth-order valence-electron chi connectivity index (χ4n) is 2.53. The molecule has 0 bridgehead atoms. The number of aromatic nitrogens is 2. The number of amides is 1. The molecule has 0 atom stereocenters. The maximum absolute atomic E-state index is 12.3. The molecule has 1 aromatic carbocycles. The van der Waals surface area contributed by atoms with Gasteiger partial charge in [-0.3, -0.25) is 4.79 Å². The van der Waals surface area contributed by atoms with E-state index in [4.69, 9.17) is 8.94 Å². The summed E-state index contributed by atoms with van der Waals surface area (Å²) < 4.78 is 10.4. The smallest absolute Gasteiger partial charge is 0.238 e. The van der Waals surface area contributed by atoms with Crippen LogP contribution < -0.4 is 5.32 Å². The number of nitrogens with one attached hydrogen (secondary N) is 1. The third kappa shape index (κ3) is 3.57. The second-order valence-electron chi connectivity index (χ2n) is 5.56. The minimum atomic E-state index is -0.105. The van der Waals surface area contributed by atoms with Crippen LogP contribution in [0.25, 0.3) is 22.0 Å². The number of hydrogen-bond acceptors (Lipinski definition) is 6. The minimum absolute atomic E-state index is 0.105. The Hall–Kier alpha value is -3.19. The van der Waals surface area contributed by atoms with Gasteiger partial charge in [-0.1, -0.05) is 29.4 Å². The second-order valence-corrected chi connectivity index (χ2v) is 6.51. The molecule has 0 aliphatic heterocycles. The zero-order chi connectivity index (χ0) is 17.8. The van der Waals surface area contributed by atoms with Gasteiger partial charge in [0.15, 0.2) is 5.76 Å². The number of benzene rings is 1. The van der Waals surface area contributed by atoms with Crippen molar-refractivity contribution in [2.75, 3.05) is 5.32 Å². The van der Waals surface area contributed by atoms with E-state index in [1.165, 1.54) is 0 Å². The molecule has 0 spiro atoms. The molecule has 3 heterocycles. The van der Waals surface area contributed by atoms with Crippen molar-refractivity contribution in [2.45, 2.75) is 12.8 Å². The maximum Gasteiger partial charge on any atom is 0.238 e. The van der Waals surface area contributed by atoms with E-state index in [2.05, 4.69) is 15.5 Å². The zero-order valence-electron chi connectivity index (χ0n) is 13.7. The predicted molar refractivity (Wildman–Crippen MR) is 98.7 cm³/mol. The second kappa shape index (κ2) is 7.37. The van der Waals surface area contributed by atoms with Crippen LogP contribution in [0.15, 0.2) is 69.1 Å². The van der Waals surface area contributed by atoms with Gasteiger partial charge in [0.2, 0.25) is 17.6 Å². The normalized spacial score (nSPS) is 10.8. The lowest BCUT2D eigenvalue weighted by Gasteiger charge is -2.09. The van der Waals surface area contributed by atoms with E-state index in [-0.39, 0.29) is 12.3 Å². The van der Waals surface area contributed by atoms with Gasteiger partial charge < -0.3 is 14.3 Å². The van der Waals surface area contributed by atoms with Crippen molar-refractivity contribution in [2.24, 2.45) is 0 Å². The molecular weight excluding hydrogens is 350 g/mol. The summed E-state index contributed by atoms with van der Waals surface area (Å²) in [6.45, 7) is 0. The van der Waals surface area contributed by atoms with Crippen LogP contribution in [0, 0.1) is 0 Å². The molecule has 0 saturated heterocycles. The molecule has 0 aliphatic rings. The Morgan fingerprint density at radius 1 is 1.12 bits per heavy atom. The van der Waals surface area contributed by atoms with Gasteiger partial charge in [0, 0.05) is 29.0 Å². The molecule has 7 heteroatoms. The van der Waals surface area contributed by atoms with Gasteiger partial charge in [0.05, 0.1) is 6.26 Å². The quantitative estimate of drug-likeness (QED) is 0.539. The van der Waals surface area contributed by atoms with Gasteiger partial charge in [0.25, 0.3) is 0 Å². The average molecular weight is 365 g/mol. The first-order valence-electron chi connectivity index (χ1n) is 8.09. The minimum Gasteiger partial charge on any atom is -0.461 e. The Morgan fingerprint density at radius 2 is 2.04 bits per heavy atom. The van der Waals surface area contributed by atoms with Gasteiger partial charge in [-0.25, -0.2) is 0 Å². The van der Waals surface area contributed by atoms with Crippen LogP contribution in [-0.2, 0) is 11.2 Å². The lowest BCUT2D eigenvalue weighted by Crippen LogP contribution is -2.13. The number of carbonyl (C=O) groups is 1. The van der Waals surface area contributed by atoms with Crippen LogP contribution in [0.5, 0.6) is 0 Å². The monoisotopic (exact) mass is 365 g/mol. The molecule has 4 rings (SSSR count). The molecule has 1 N–H and O–H groups in total. The van der Waals surface area contributed by atoms with Gasteiger partial charge in [-0.15, -0.1) is 11.3 Å². The standard InChI is InChI=1S/C19H15N3O3S/c23-17(9-10-18-21-19(22-25-18)15-7-3-11-24-15)20-14-6-2-1-5-13(14)16-8-4-12-26-16/h1-8,11-12H,9-10H2,(H,20,23). The Kier molecular flexibility index (Phi) is 4.61. The maximum atomic E-state index is 12.3. The Balaban J connectivity index is 1.39. The Labute approximate surface area is 153 Å². The molecule has 0 unspecified atom stereocenters. The molecule has 6 nitrogen and oxygen atoms in total. The van der Waals surface area contributed by atoms with Crippen molar-refractivity contribution < 1.29 is 13.7 Å². The van der Waals surface area contributed by atoms with E-state index in [1.807, 2.05) is 41.8 Å². The number of carbonyl (C=O) groups excluding carboxylic acids is 1. The first-order valence-corrected chi connectivity index (χ1v) is 8.97. The lowest BCUT2D eigenvalue weighted by atomic mass is 10.1. The molecular formula is C19H15N3O3S. The summed E-state index contributed by atoms with van der Waals surface area (Å²) in [6, 6.07) is 15.3. The van der Waals surface area contributed by atoms with Crippen LogP contribution in [0.4, 0.5) is 5.69 Å². The van der Waals surface area contributed by atoms with Crippen molar-refractivity contribution in [1.29, 1.82) is 0 Å². The molecule has 0 saturated carbocycles. The Bertz CT molecular complexity index is 991. The molecule has 1 amide bonds. The van der Waals surface area contributed by atoms with Crippen LogP contribution in [0.1, 0.15) is 12.3 Å². The number of hydrogen-bond donors (Lipinski definition) is 1. The highest BCUT2D eigenvalue weighted by Crippen LogP contribution is 2.31. The largest absolute Gasteiger partial charge is 0.461 e. The van der Waals surface area contributed by atoms with E-state index in [0.717, 1.165) is 16.1 Å². The summed E-state index contributed by atoms with van der Waals surface area (Å²) in [4.78, 5) is 17.7. The Morgan fingerprint density at radius 3 is 2.85 bits per heavy atom. The van der Waals surface area contributed by atoms with Crippen LogP contribution in [-0.4, -0.2) is 16.0 Å². The molecule has 0 aliphatic carbocycles. The highest BCUT2D eigenvalue weighted by Gasteiger charge is 2.13. The highest BCUT2D eigenvalue weighted by molar-refractivity contribution is 7.13. The number of anilines is 1. The average Bonchev–Trinajstić information content (AvgIpc) is 3.42. The van der Waals surface area contributed by atoms with Crippen LogP contribution in [0.2, 0.25) is 0 Å². The summed E-state index contributed by atoms with van der Waals surface area (Å²) in [5.74, 6) is 1.22. The number of aryl methyl sites for hydroxylation is 1. The van der Waals surface area contributed by atoms with E-state index in [9.17, 15) is 4.79 Å². The van der Waals surface area contributed by atoms with Crippen LogP contribution >= 0.6 is 11.3 Å². The van der Waals surface area contributed by atoms with Gasteiger partial charge in [-0.2, -0.15) is 4.98 Å². The van der Waals surface area contributed by atoms with Gasteiger partial charge in [0.1, 0.15) is 0 Å². The van der Waals surface area contributed by atoms with Crippen molar-refractivity contribution >= 4 is 22.9 Å². The summed E-state index contributed by atoms with van der Waals surface area (Å²) in [5, 5.41) is 8.84. The fourth-order valence-corrected chi connectivity index (χ4v) is 3.30. The number of thiophene rings is 1. The number of nitrogens with zero attached hydrogens (tertiary/aromatic N) is 2.